The minimum absolute atomic E-state index is 0.0269. The Morgan fingerprint density at radius 1 is 1.23 bits per heavy atom. The van der Waals surface area contributed by atoms with Crippen LogP contribution in [0.15, 0.2) is 28.8 Å². The van der Waals surface area contributed by atoms with E-state index in [1.807, 2.05) is 29.2 Å². The van der Waals surface area contributed by atoms with Crippen LogP contribution in [0.5, 0.6) is 0 Å². The second-order valence-electron chi connectivity index (χ2n) is 7.23. The molecule has 2 aliphatic rings. The molecule has 26 heavy (non-hydrogen) atoms. The van der Waals surface area contributed by atoms with Crippen molar-refractivity contribution in [2.45, 2.75) is 38.0 Å². The second-order valence-corrected chi connectivity index (χ2v) is 7.67. The zero-order valence-electron chi connectivity index (χ0n) is 14.7. The van der Waals surface area contributed by atoms with Gasteiger partial charge in [-0.25, -0.2) is 4.79 Å². The number of hydrogen-bond acceptors (Lipinski definition) is 4. The number of aromatic nitrogens is 2. The van der Waals surface area contributed by atoms with Crippen LogP contribution in [-0.2, 0) is 0 Å². The van der Waals surface area contributed by atoms with Gasteiger partial charge in [0.15, 0.2) is 0 Å². The van der Waals surface area contributed by atoms with Gasteiger partial charge in [0.1, 0.15) is 0 Å². The van der Waals surface area contributed by atoms with Crippen molar-refractivity contribution in [1.29, 1.82) is 0 Å². The summed E-state index contributed by atoms with van der Waals surface area (Å²) in [5, 5.41) is 7.84. The summed E-state index contributed by atoms with van der Waals surface area (Å²) in [7, 11) is 0. The van der Waals surface area contributed by atoms with Crippen LogP contribution in [0.4, 0.5) is 4.79 Å². The zero-order valence-corrected chi connectivity index (χ0v) is 15.4. The quantitative estimate of drug-likeness (QED) is 0.875. The zero-order chi connectivity index (χ0) is 17.9. The van der Waals surface area contributed by atoms with Crippen LogP contribution in [-0.4, -0.2) is 40.7 Å². The molecule has 7 heteroatoms. The number of halogens is 1. The first-order valence-electron chi connectivity index (χ1n) is 9.31. The van der Waals surface area contributed by atoms with E-state index in [-0.39, 0.29) is 11.9 Å². The summed E-state index contributed by atoms with van der Waals surface area (Å²) in [4.78, 5) is 18.8. The third kappa shape index (κ3) is 3.85. The third-order valence-electron chi connectivity index (χ3n) is 5.37. The molecule has 0 radical (unpaired) electrons. The molecule has 2 amide bonds. The molecule has 1 aliphatic heterocycles. The fourth-order valence-electron chi connectivity index (χ4n) is 3.52. The summed E-state index contributed by atoms with van der Waals surface area (Å²) in [6.07, 6.45) is 5.66. The maximum absolute atomic E-state index is 12.4. The molecule has 1 unspecified atom stereocenters. The Kier molecular flexibility index (Phi) is 5.11. The Bertz CT molecular complexity index is 757. The molecule has 138 valence electrons. The predicted octanol–water partition coefficient (Wildman–Crippen LogP) is 4.08. The smallest absolute Gasteiger partial charge is 0.317 e. The van der Waals surface area contributed by atoms with Crippen LogP contribution in [0.2, 0.25) is 5.02 Å². The molecular weight excluding hydrogens is 352 g/mol. The summed E-state index contributed by atoms with van der Waals surface area (Å²) in [5.41, 5.74) is 0.871. The van der Waals surface area contributed by atoms with Crippen molar-refractivity contribution in [2.24, 2.45) is 5.92 Å². The molecule has 0 spiro atoms. The third-order valence-corrected chi connectivity index (χ3v) is 5.62. The molecule has 0 bridgehead atoms. The highest BCUT2D eigenvalue weighted by molar-refractivity contribution is 6.30. The summed E-state index contributed by atoms with van der Waals surface area (Å²) in [6, 6.07) is 7.39. The van der Waals surface area contributed by atoms with Gasteiger partial charge in [0.2, 0.25) is 11.7 Å². The van der Waals surface area contributed by atoms with Gasteiger partial charge in [-0.1, -0.05) is 23.2 Å². The van der Waals surface area contributed by atoms with E-state index in [9.17, 15) is 4.79 Å². The highest BCUT2D eigenvalue weighted by Crippen LogP contribution is 2.28. The number of nitrogens with one attached hydrogen (secondary N) is 1. The number of nitrogens with zero attached hydrogens (tertiary/aromatic N) is 3. The molecule has 1 aliphatic carbocycles. The average molecular weight is 375 g/mol. The van der Waals surface area contributed by atoms with E-state index >= 15 is 0 Å². The van der Waals surface area contributed by atoms with Gasteiger partial charge in [-0.2, -0.15) is 4.98 Å². The molecule has 2 aromatic rings. The first-order chi connectivity index (χ1) is 12.7. The maximum atomic E-state index is 12.4. The van der Waals surface area contributed by atoms with E-state index < -0.39 is 0 Å². The highest BCUT2D eigenvalue weighted by Gasteiger charge is 2.29. The molecule has 1 atom stereocenters. The van der Waals surface area contributed by atoms with Gasteiger partial charge >= 0.3 is 6.03 Å². The summed E-state index contributed by atoms with van der Waals surface area (Å²) in [6.45, 7) is 2.20. The first-order valence-corrected chi connectivity index (χ1v) is 9.69. The van der Waals surface area contributed by atoms with Crippen molar-refractivity contribution >= 4 is 17.6 Å². The van der Waals surface area contributed by atoms with Gasteiger partial charge in [0.25, 0.3) is 0 Å². The van der Waals surface area contributed by atoms with Crippen molar-refractivity contribution in [3.05, 3.63) is 35.2 Å². The topological polar surface area (TPSA) is 71.3 Å². The Morgan fingerprint density at radius 2 is 2.04 bits per heavy atom. The molecule has 6 nitrogen and oxygen atoms in total. The lowest BCUT2D eigenvalue weighted by Gasteiger charge is -2.32. The second kappa shape index (κ2) is 7.66. The van der Waals surface area contributed by atoms with E-state index in [4.69, 9.17) is 16.1 Å². The van der Waals surface area contributed by atoms with Crippen molar-refractivity contribution in [2.75, 3.05) is 19.6 Å². The standard InChI is InChI=1S/C19H23ClN4O2/c20-16-8-6-14(7-9-16)17-22-18(26-23-17)15-5-2-10-24(12-15)19(25)21-11-13-3-1-4-13/h6-9,13,15H,1-5,10-12H2,(H,21,25). The number of amides is 2. The van der Waals surface area contributed by atoms with Crippen LogP contribution in [0.1, 0.15) is 43.9 Å². The monoisotopic (exact) mass is 374 g/mol. The number of benzene rings is 1. The molecule has 4 rings (SSSR count). The number of carbonyl (C=O) groups is 1. The molecule has 1 saturated carbocycles. The molecular formula is C19H23ClN4O2. The van der Waals surface area contributed by atoms with Gasteiger partial charge < -0.3 is 14.7 Å². The highest BCUT2D eigenvalue weighted by atomic mass is 35.5. The lowest BCUT2D eigenvalue weighted by molar-refractivity contribution is 0.167. The number of likely N-dealkylation sites (tertiary alicyclic amines) is 1. The lowest BCUT2D eigenvalue weighted by Crippen LogP contribution is -2.46. The molecule has 1 saturated heterocycles. The van der Waals surface area contributed by atoms with Gasteiger partial charge in [0.05, 0.1) is 5.92 Å². The predicted molar refractivity (Wildman–Crippen MR) is 99.0 cm³/mol. The van der Waals surface area contributed by atoms with E-state index in [1.165, 1.54) is 19.3 Å². The molecule has 1 aromatic heterocycles. The number of urea groups is 1. The fourth-order valence-corrected chi connectivity index (χ4v) is 3.65. The van der Waals surface area contributed by atoms with Crippen molar-refractivity contribution in [3.63, 3.8) is 0 Å². The van der Waals surface area contributed by atoms with Crippen LogP contribution < -0.4 is 5.32 Å². The fraction of sp³-hybridized carbons (Fsp3) is 0.526. The molecule has 1 N–H and O–H groups in total. The van der Waals surface area contributed by atoms with Crippen molar-refractivity contribution in [1.82, 2.24) is 20.4 Å². The minimum Gasteiger partial charge on any atom is -0.339 e. The van der Waals surface area contributed by atoms with Crippen LogP contribution in [0, 0.1) is 5.92 Å². The normalized spacial score (nSPS) is 20.7. The largest absolute Gasteiger partial charge is 0.339 e. The van der Waals surface area contributed by atoms with Crippen molar-refractivity contribution < 1.29 is 9.32 Å². The first kappa shape index (κ1) is 17.3. The lowest BCUT2D eigenvalue weighted by atomic mass is 9.85. The number of carbonyl (C=O) groups excluding carboxylic acids is 1. The SMILES string of the molecule is O=C(NCC1CCC1)N1CCCC(c2nc(-c3ccc(Cl)cc3)no2)C1. The number of hydrogen-bond donors (Lipinski definition) is 1. The molecule has 1 aromatic carbocycles. The Balaban J connectivity index is 1.38. The molecule has 2 fully saturated rings. The van der Waals surface area contributed by atoms with Gasteiger partial charge in [-0.3, -0.25) is 0 Å². The molecule has 2 heterocycles. The number of piperidine rings is 1. The Labute approximate surface area is 157 Å². The summed E-state index contributed by atoms with van der Waals surface area (Å²) < 4.78 is 5.49. The van der Waals surface area contributed by atoms with Crippen LogP contribution in [0.25, 0.3) is 11.4 Å². The summed E-state index contributed by atoms with van der Waals surface area (Å²) in [5.74, 6) is 1.92. The number of rotatable bonds is 4. The van der Waals surface area contributed by atoms with Crippen LogP contribution >= 0.6 is 11.6 Å². The average Bonchev–Trinajstić information content (AvgIpc) is 3.11. The van der Waals surface area contributed by atoms with Crippen LogP contribution in [0.3, 0.4) is 0 Å². The Hall–Kier alpha value is -2.08. The van der Waals surface area contributed by atoms with Crippen molar-refractivity contribution in [3.8, 4) is 11.4 Å². The summed E-state index contributed by atoms with van der Waals surface area (Å²) >= 11 is 5.92. The maximum Gasteiger partial charge on any atom is 0.317 e. The Morgan fingerprint density at radius 3 is 2.77 bits per heavy atom. The van der Waals surface area contributed by atoms with E-state index in [0.717, 1.165) is 31.5 Å². The van der Waals surface area contributed by atoms with Gasteiger partial charge in [-0.15, -0.1) is 0 Å². The van der Waals surface area contributed by atoms with E-state index in [2.05, 4.69) is 15.5 Å². The van der Waals surface area contributed by atoms with E-state index in [0.29, 0.717) is 29.2 Å². The minimum atomic E-state index is 0.0269. The van der Waals surface area contributed by atoms with Gasteiger partial charge in [0, 0.05) is 30.2 Å². The van der Waals surface area contributed by atoms with E-state index in [1.54, 1.807) is 0 Å². The van der Waals surface area contributed by atoms with Gasteiger partial charge in [-0.05, 0) is 55.9 Å².